The van der Waals surface area contributed by atoms with Gasteiger partial charge in [0, 0.05) is 36.9 Å². The van der Waals surface area contributed by atoms with Gasteiger partial charge in [-0.1, -0.05) is 38.5 Å². The van der Waals surface area contributed by atoms with Gasteiger partial charge in [0.15, 0.2) is 5.79 Å². The molecule has 2 saturated carbocycles. The van der Waals surface area contributed by atoms with Gasteiger partial charge in [0.2, 0.25) is 0 Å². The average molecular weight is 484 g/mol. The maximum atomic E-state index is 10.0. The zero-order valence-corrected chi connectivity index (χ0v) is 20.9. The molecule has 1 aromatic rings. The molecule has 2 aliphatic heterocycles. The summed E-state index contributed by atoms with van der Waals surface area (Å²) in [5, 5.41) is 10.0. The van der Waals surface area contributed by atoms with Crippen molar-refractivity contribution in [3.05, 3.63) is 23.3 Å². The molecule has 35 heavy (non-hydrogen) atoms. The predicted octanol–water partition coefficient (Wildman–Crippen LogP) is 4.17. The predicted molar refractivity (Wildman–Crippen MR) is 133 cm³/mol. The van der Waals surface area contributed by atoms with Crippen molar-refractivity contribution >= 4 is 6.21 Å². The van der Waals surface area contributed by atoms with Crippen LogP contribution in [0.4, 0.5) is 0 Å². The van der Waals surface area contributed by atoms with Crippen LogP contribution in [-0.2, 0) is 27.1 Å². The molecule has 5 atom stereocenters. The second-order valence-electron chi connectivity index (χ2n) is 11.5. The van der Waals surface area contributed by atoms with E-state index in [1.54, 1.807) is 6.33 Å². The van der Waals surface area contributed by atoms with E-state index in [4.69, 9.17) is 19.2 Å². The van der Waals surface area contributed by atoms with Gasteiger partial charge in [0.05, 0.1) is 18.4 Å². The lowest BCUT2D eigenvalue weighted by molar-refractivity contribution is -0.229. The third-order valence-corrected chi connectivity index (χ3v) is 9.20. The van der Waals surface area contributed by atoms with Gasteiger partial charge in [-0.2, -0.15) is 0 Å². The number of aliphatic hydroxyl groups excluding tert-OH is 1. The smallest absolute Gasteiger partial charge is 0.169 e. The Morgan fingerprint density at radius 3 is 2.60 bits per heavy atom. The quantitative estimate of drug-likeness (QED) is 0.611. The Morgan fingerprint density at radius 2 is 1.77 bits per heavy atom. The molecule has 4 fully saturated rings. The minimum Gasteiger partial charge on any atom is -0.394 e. The van der Waals surface area contributed by atoms with Crippen LogP contribution in [0, 0.1) is 11.8 Å². The first-order chi connectivity index (χ1) is 17.2. The zero-order valence-electron chi connectivity index (χ0n) is 20.9. The Labute approximate surface area is 209 Å². The van der Waals surface area contributed by atoms with Crippen LogP contribution < -0.4 is 0 Å². The Kier molecular flexibility index (Phi) is 7.20. The van der Waals surface area contributed by atoms with E-state index in [1.165, 1.54) is 50.5 Å². The fourth-order valence-electron chi connectivity index (χ4n) is 7.28. The summed E-state index contributed by atoms with van der Waals surface area (Å²) in [5.41, 5.74) is 3.34. The van der Waals surface area contributed by atoms with Crippen molar-refractivity contribution in [2.24, 2.45) is 16.8 Å². The molecule has 192 valence electrons. The van der Waals surface area contributed by atoms with E-state index in [0.717, 1.165) is 68.8 Å². The highest BCUT2D eigenvalue weighted by atomic mass is 16.8. The maximum Gasteiger partial charge on any atom is 0.169 e. The van der Waals surface area contributed by atoms with Gasteiger partial charge < -0.3 is 19.3 Å². The SMILES string of the molecule is OC[C@H]1O[C@@H](C2CCc3c(C=NCCC4CCCCC4)ncnc3C2)[C@H]2OC3(CCCCC3)O[C@H]21. The fourth-order valence-corrected chi connectivity index (χ4v) is 7.28. The lowest BCUT2D eigenvalue weighted by Crippen LogP contribution is -2.40. The Hall–Kier alpha value is -1.41. The number of nitrogens with zero attached hydrogens (tertiary/aromatic N) is 3. The van der Waals surface area contributed by atoms with Crippen LogP contribution in [0.1, 0.15) is 94.0 Å². The average Bonchev–Trinajstić information content (AvgIpc) is 3.42. The molecule has 1 spiro atoms. The second kappa shape index (κ2) is 10.5. The second-order valence-corrected chi connectivity index (χ2v) is 11.5. The summed E-state index contributed by atoms with van der Waals surface area (Å²) >= 11 is 0. The summed E-state index contributed by atoms with van der Waals surface area (Å²) in [4.78, 5) is 14.0. The molecule has 2 saturated heterocycles. The van der Waals surface area contributed by atoms with Crippen LogP contribution in [0.15, 0.2) is 11.3 Å². The molecule has 6 rings (SSSR count). The minimum atomic E-state index is -0.459. The van der Waals surface area contributed by atoms with E-state index in [2.05, 4.69) is 9.97 Å². The molecule has 7 heteroatoms. The Balaban J connectivity index is 1.11. The van der Waals surface area contributed by atoms with Crippen molar-refractivity contribution in [3.63, 3.8) is 0 Å². The lowest BCUT2D eigenvalue weighted by atomic mass is 9.81. The van der Waals surface area contributed by atoms with Crippen LogP contribution >= 0.6 is 0 Å². The fraction of sp³-hybridized carbons (Fsp3) is 0.821. The van der Waals surface area contributed by atoms with Crippen molar-refractivity contribution in [1.82, 2.24) is 9.97 Å². The molecule has 1 aromatic heterocycles. The third-order valence-electron chi connectivity index (χ3n) is 9.20. The highest BCUT2D eigenvalue weighted by Crippen LogP contribution is 2.48. The van der Waals surface area contributed by atoms with E-state index in [-0.39, 0.29) is 31.0 Å². The normalized spacial score (nSPS) is 34.9. The van der Waals surface area contributed by atoms with Crippen LogP contribution in [0.25, 0.3) is 0 Å². The molecular formula is C28H41N3O4. The first-order valence-corrected chi connectivity index (χ1v) is 14.2. The summed E-state index contributed by atoms with van der Waals surface area (Å²) in [7, 11) is 0. The zero-order chi connectivity index (χ0) is 23.7. The summed E-state index contributed by atoms with van der Waals surface area (Å²) in [6, 6.07) is 0. The van der Waals surface area contributed by atoms with Gasteiger partial charge >= 0.3 is 0 Å². The topological polar surface area (TPSA) is 86.1 Å². The van der Waals surface area contributed by atoms with Crippen molar-refractivity contribution in [1.29, 1.82) is 0 Å². The number of aromatic nitrogens is 2. The number of rotatable bonds is 6. The number of ether oxygens (including phenoxy) is 3. The Morgan fingerprint density at radius 1 is 0.971 bits per heavy atom. The standard InChI is InChI=1S/C28H41N3O4/c32-17-24-26-27(35-28(34-26)12-5-2-6-13-28)25(33-24)20-9-10-21-22(15-20)30-18-31-23(21)16-29-14-11-19-7-3-1-4-8-19/h16,18-20,24-27,32H,1-15,17H2/t20?,24-,25+,26+,27-/m1/s1. The van der Waals surface area contributed by atoms with Crippen LogP contribution in [-0.4, -0.2) is 64.6 Å². The van der Waals surface area contributed by atoms with Gasteiger partial charge in [-0.25, -0.2) is 9.97 Å². The first-order valence-electron chi connectivity index (χ1n) is 14.2. The highest BCUT2D eigenvalue weighted by molar-refractivity contribution is 5.79. The summed E-state index contributed by atoms with van der Waals surface area (Å²) in [6.07, 6.45) is 19.4. The van der Waals surface area contributed by atoms with E-state index >= 15 is 0 Å². The Bertz CT molecular complexity index is 896. The minimum absolute atomic E-state index is 0.0238. The molecule has 0 amide bonds. The number of aliphatic imine (C=N–C) groups is 1. The van der Waals surface area contributed by atoms with Crippen LogP contribution in [0.3, 0.4) is 0 Å². The molecule has 0 aromatic carbocycles. The van der Waals surface area contributed by atoms with Crippen molar-refractivity contribution in [3.8, 4) is 0 Å². The van der Waals surface area contributed by atoms with Crippen LogP contribution in [0.5, 0.6) is 0 Å². The van der Waals surface area contributed by atoms with E-state index < -0.39 is 5.79 Å². The molecule has 3 heterocycles. The monoisotopic (exact) mass is 483 g/mol. The largest absolute Gasteiger partial charge is 0.394 e. The molecular weight excluding hydrogens is 442 g/mol. The lowest BCUT2D eigenvalue weighted by Gasteiger charge is -2.36. The molecule has 0 bridgehead atoms. The van der Waals surface area contributed by atoms with Gasteiger partial charge in [0.25, 0.3) is 0 Å². The molecule has 5 aliphatic rings. The van der Waals surface area contributed by atoms with Crippen molar-refractivity contribution in [2.75, 3.05) is 13.2 Å². The maximum absolute atomic E-state index is 10.0. The van der Waals surface area contributed by atoms with Gasteiger partial charge in [-0.15, -0.1) is 0 Å². The van der Waals surface area contributed by atoms with E-state index in [0.29, 0.717) is 5.92 Å². The van der Waals surface area contributed by atoms with Crippen LogP contribution in [0.2, 0.25) is 0 Å². The van der Waals surface area contributed by atoms with E-state index in [1.807, 2.05) is 6.21 Å². The molecule has 3 aliphatic carbocycles. The van der Waals surface area contributed by atoms with Gasteiger partial charge in [-0.05, 0) is 50.4 Å². The number of hydrogen-bond donors (Lipinski definition) is 1. The van der Waals surface area contributed by atoms with E-state index in [9.17, 15) is 5.11 Å². The van der Waals surface area contributed by atoms with Crippen molar-refractivity contribution in [2.45, 2.75) is 120 Å². The number of fused-ring (bicyclic) bond motifs is 2. The molecule has 1 N–H and O–H groups in total. The number of hydrogen-bond acceptors (Lipinski definition) is 7. The number of aliphatic hydroxyl groups is 1. The molecule has 0 radical (unpaired) electrons. The summed E-state index contributed by atoms with van der Waals surface area (Å²) in [6.45, 7) is 0.872. The third kappa shape index (κ3) is 4.94. The molecule has 1 unspecified atom stereocenters. The first kappa shape index (κ1) is 24.0. The van der Waals surface area contributed by atoms with Gasteiger partial charge in [-0.3, -0.25) is 4.99 Å². The van der Waals surface area contributed by atoms with Gasteiger partial charge in [0.1, 0.15) is 24.6 Å². The highest BCUT2D eigenvalue weighted by Gasteiger charge is 2.59. The summed E-state index contributed by atoms with van der Waals surface area (Å²) in [5.74, 6) is 0.701. The molecule has 7 nitrogen and oxygen atoms in total. The van der Waals surface area contributed by atoms with Crippen molar-refractivity contribution < 1.29 is 19.3 Å². The summed E-state index contributed by atoms with van der Waals surface area (Å²) < 4.78 is 19.5.